The highest BCUT2D eigenvalue weighted by Gasteiger charge is 2.17. The summed E-state index contributed by atoms with van der Waals surface area (Å²) >= 11 is 0. The number of nitrogens with zero attached hydrogens (tertiary/aromatic N) is 4. The third kappa shape index (κ3) is 7.39. The zero-order chi connectivity index (χ0) is 32.6. The van der Waals surface area contributed by atoms with Crippen LogP contribution < -0.4 is 4.74 Å². The average molecular weight is 619 g/mol. The van der Waals surface area contributed by atoms with E-state index in [0.29, 0.717) is 47.8 Å². The van der Waals surface area contributed by atoms with E-state index < -0.39 is 17.9 Å². The van der Waals surface area contributed by atoms with Crippen molar-refractivity contribution in [1.82, 2.24) is 14.5 Å². The van der Waals surface area contributed by atoms with Gasteiger partial charge in [0.2, 0.25) is 5.88 Å². The van der Waals surface area contributed by atoms with Gasteiger partial charge in [0.05, 0.1) is 47.6 Å². The Balaban J connectivity index is 1.46. The minimum Gasteiger partial charge on any atom is -0.473 e. The number of halogens is 1. The number of aliphatic hydroxyl groups excluding tert-OH is 1. The highest BCUT2D eigenvalue weighted by atomic mass is 19.1. The second kappa shape index (κ2) is 14.5. The molecular weight excluding hydrogens is 587 g/mol. The zero-order valence-corrected chi connectivity index (χ0v) is 25.6. The highest BCUT2D eigenvalue weighted by molar-refractivity contribution is 5.93. The number of nitriles is 1. The van der Waals surface area contributed by atoms with Crippen LogP contribution in [0.1, 0.15) is 45.4 Å². The minimum absolute atomic E-state index is 0.0523. The molecule has 1 unspecified atom stereocenters. The molecule has 9 nitrogen and oxygen atoms in total. The first-order valence-electron chi connectivity index (χ1n) is 14.5. The minimum atomic E-state index is -0.836. The maximum absolute atomic E-state index is 14.3. The second-order valence-corrected chi connectivity index (χ2v) is 10.4. The number of benzene rings is 3. The van der Waals surface area contributed by atoms with Gasteiger partial charge in [-0.3, -0.25) is 0 Å². The standard InChI is InChI=1S/C36H31FN4O5/c1-23(42)7-9-25-18-27(31-5-4-6-35(40-31)46-22-29-10-8-24(21-38)17-30(29)37)12-11-26(25)20-34-39-32-14-13-28(36(43)45-3)19-33(32)41(34)15-16-44-2/h4-6,8,10-14,17-19,23,42H,15-16,20,22H2,1-3H3. The first-order chi connectivity index (χ1) is 22.3. The normalized spacial score (nSPS) is 11.4. The van der Waals surface area contributed by atoms with Gasteiger partial charge in [0, 0.05) is 42.8 Å². The van der Waals surface area contributed by atoms with E-state index >= 15 is 0 Å². The molecule has 0 amide bonds. The van der Waals surface area contributed by atoms with Crippen LogP contribution in [0.15, 0.2) is 72.8 Å². The summed E-state index contributed by atoms with van der Waals surface area (Å²) in [6.07, 6.45) is -0.417. The second-order valence-electron chi connectivity index (χ2n) is 10.4. The molecular formula is C36H31FN4O5. The Labute approximate surface area is 265 Å². The van der Waals surface area contributed by atoms with Gasteiger partial charge >= 0.3 is 5.97 Å². The Morgan fingerprint density at radius 1 is 1.04 bits per heavy atom. The summed E-state index contributed by atoms with van der Waals surface area (Å²) in [6.45, 7) is 2.50. The molecule has 46 heavy (non-hydrogen) atoms. The number of hydrogen-bond donors (Lipinski definition) is 1. The Morgan fingerprint density at radius 2 is 1.87 bits per heavy atom. The maximum atomic E-state index is 14.3. The number of hydrogen-bond acceptors (Lipinski definition) is 8. The molecule has 0 aliphatic carbocycles. The van der Waals surface area contributed by atoms with Crippen molar-refractivity contribution in [1.29, 1.82) is 5.26 Å². The molecule has 5 aromatic rings. The molecule has 0 saturated heterocycles. The summed E-state index contributed by atoms with van der Waals surface area (Å²) in [7, 11) is 2.97. The lowest BCUT2D eigenvalue weighted by atomic mass is 9.99. The van der Waals surface area contributed by atoms with Crippen LogP contribution in [0, 0.1) is 29.0 Å². The van der Waals surface area contributed by atoms with Crippen LogP contribution in [0.4, 0.5) is 4.39 Å². The van der Waals surface area contributed by atoms with Crippen molar-refractivity contribution in [2.75, 3.05) is 20.8 Å². The van der Waals surface area contributed by atoms with Crippen molar-refractivity contribution >= 4 is 17.0 Å². The monoisotopic (exact) mass is 618 g/mol. The molecule has 0 bridgehead atoms. The molecule has 3 aromatic carbocycles. The smallest absolute Gasteiger partial charge is 0.337 e. The maximum Gasteiger partial charge on any atom is 0.337 e. The van der Waals surface area contributed by atoms with Gasteiger partial charge in [-0.1, -0.05) is 36.1 Å². The van der Waals surface area contributed by atoms with Gasteiger partial charge in [0.15, 0.2) is 0 Å². The molecule has 10 heteroatoms. The van der Waals surface area contributed by atoms with E-state index in [1.807, 2.05) is 34.9 Å². The van der Waals surface area contributed by atoms with Crippen molar-refractivity contribution in [3.8, 4) is 35.0 Å². The molecule has 0 aliphatic rings. The summed E-state index contributed by atoms with van der Waals surface area (Å²) in [4.78, 5) is 21.7. The number of esters is 1. The topological polar surface area (TPSA) is 119 Å². The van der Waals surface area contributed by atoms with Crippen molar-refractivity contribution in [3.05, 3.63) is 112 Å². The van der Waals surface area contributed by atoms with Crippen LogP contribution in [0.3, 0.4) is 0 Å². The van der Waals surface area contributed by atoms with Gasteiger partial charge in [-0.25, -0.2) is 19.2 Å². The number of imidazole rings is 1. The van der Waals surface area contributed by atoms with Crippen molar-refractivity contribution in [2.24, 2.45) is 0 Å². The SMILES string of the molecule is COCCn1c(Cc2ccc(-c3cccc(OCc4ccc(C#N)cc4F)n3)cc2C#CC(C)O)nc2ccc(C(=O)OC)cc21. The molecule has 5 rings (SSSR count). The number of methoxy groups -OCH3 is 2. The van der Waals surface area contributed by atoms with E-state index in [0.717, 1.165) is 28.0 Å². The van der Waals surface area contributed by atoms with Gasteiger partial charge in [-0.05, 0) is 55.0 Å². The molecule has 0 spiro atoms. The van der Waals surface area contributed by atoms with Crippen LogP contribution >= 0.6 is 0 Å². The fourth-order valence-corrected chi connectivity index (χ4v) is 4.88. The number of aliphatic hydroxyl groups is 1. The fourth-order valence-electron chi connectivity index (χ4n) is 4.88. The molecule has 2 heterocycles. The number of carbonyl (C=O) groups is 1. The third-order valence-electron chi connectivity index (χ3n) is 7.22. The Kier molecular flexibility index (Phi) is 10.0. The molecule has 0 fully saturated rings. The summed E-state index contributed by atoms with van der Waals surface area (Å²) in [5.41, 5.74) is 5.43. The number of aromatic nitrogens is 3. The number of carbonyl (C=O) groups excluding carboxylic acids is 1. The number of ether oxygens (including phenoxy) is 3. The molecule has 0 saturated carbocycles. The van der Waals surface area contributed by atoms with Gasteiger partial charge in [-0.2, -0.15) is 5.26 Å². The summed E-state index contributed by atoms with van der Waals surface area (Å²) in [5.74, 6) is 6.05. The van der Waals surface area contributed by atoms with E-state index in [9.17, 15) is 14.3 Å². The quantitative estimate of drug-likeness (QED) is 0.162. The highest BCUT2D eigenvalue weighted by Crippen LogP contribution is 2.27. The lowest BCUT2D eigenvalue weighted by molar-refractivity contribution is 0.0601. The van der Waals surface area contributed by atoms with Crippen molar-refractivity contribution < 1.29 is 28.5 Å². The van der Waals surface area contributed by atoms with E-state index in [1.165, 1.54) is 25.3 Å². The largest absolute Gasteiger partial charge is 0.473 e. The van der Waals surface area contributed by atoms with Crippen LogP contribution in [0.2, 0.25) is 0 Å². The molecule has 1 atom stereocenters. The first kappa shape index (κ1) is 31.9. The lowest BCUT2D eigenvalue weighted by Gasteiger charge is -2.12. The van der Waals surface area contributed by atoms with Crippen LogP contribution in [-0.2, 0) is 29.0 Å². The van der Waals surface area contributed by atoms with Gasteiger partial charge in [-0.15, -0.1) is 0 Å². The van der Waals surface area contributed by atoms with Crippen LogP contribution in [0.25, 0.3) is 22.3 Å². The van der Waals surface area contributed by atoms with Crippen molar-refractivity contribution in [2.45, 2.75) is 32.6 Å². The molecule has 0 aliphatic heterocycles. The predicted molar refractivity (Wildman–Crippen MR) is 169 cm³/mol. The van der Waals surface area contributed by atoms with Crippen molar-refractivity contribution in [3.63, 3.8) is 0 Å². The Hall–Kier alpha value is -5.55. The number of pyridine rings is 1. The molecule has 1 N–H and O–H groups in total. The van der Waals surface area contributed by atoms with E-state index in [1.54, 1.807) is 44.4 Å². The third-order valence-corrected chi connectivity index (χ3v) is 7.22. The lowest BCUT2D eigenvalue weighted by Crippen LogP contribution is -2.10. The predicted octanol–water partition coefficient (Wildman–Crippen LogP) is 5.44. The fraction of sp³-hybridized carbons (Fsp3) is 0.222. The number of rotatable bonds is 10. The molecule has 232 valence electrons. The average Bonchev–Trinajstić information content (AvgIpc) is 3.41. The van der Waals surface area contributed by atoms with Crippen LogP contribution in [-0.4, -0.2) is 52.5 Å². The Morgan fingerprint density at radius 3 is 2.61 bits per heavy atom. The van der Waals surface area contributed by atoms with E-state index in [-0.39, 0.29) is 12.2 Å². The van der Waals surface area contributed by atoms with Gasteiger partial charge < -0.3 is 23.9 Å². The summed E-state index contributed by atoms with van der Waals surface area (Å²) < 4.78 is 32.4. The summed E-state index contributed by atoms with van der Waals surface area (Å²) in [5, 5.41) is 18.9. The first-order valence-corrected chi connectivity index (χ1v) is 14.5. The van der Waals surface area contributed by atoms with E-state index in [4.69, 9.17) is 24.5 Å². The van der Waals surface area contributed by atoms with Gasteiger partial charge in [0.25, 0.3) is 0 Å². The van der Waals surface area contributed by atoms with Gasteiger partial charge in [0.1, 0.15) is 24.4 Å². The molecule has 2 aromatic heterocycles. The Bertz CT molecular complexity index is 2000. The molecule has 0 radical (unpaired) electrons. The summed E-state index contributed by atoms with van der Waals surface area (Å²) in [6, 6.07) is 22.5. The van der Waals surface area contributed by atoms with E-state index in [2.05, 4.69) is 16.8 Å². The van der Waals surface area contributed by atoms with Crippen LogP contribution in [0.5, 0.6) is 5.88 Å². The number of fused-ring (bicyclic) bond motifs is 1. The zero-order valence-electron chi connectivity index (χ0n) is 25.6.